The number of aromatic nitrogens is 1. The third-order valence-electron chi connectivity index (χ3n) is 4.62. The minimum Gasteiger partial charge on any atom is -0.497 e. The molecule has 0 amide bonds. The first-order chi connectivity index (χ1) is 12.7. The zero-order chi connectivity index (χ0) is 18.3. The van der Waals surface area contributed by atoms with E-state index in [1.807, 2.05) is 36.5 Å². The van der Waals surface area contributed by atoms with Crippen molar-refractivity contribution in [2.24, 2.45) is 5.73 Å². The maximum atomic E-state index is 9.71. The molecule has 1 aliphatic rings. The Kier molecular flexibility index (Phi) is 3.70. The monoisotopic (exact) mass is 347 g/mol. The van der Waals surface area contributed by atoms with Crippen LogP contribution in [0.2, 0.25) is 0 Å². The predicted molar refractivity (Wildman–Crippen MR) is 97.1 cm³/mol. The van der Waals surface area contributed by atoms with Gasteiger partial charge >= 0.3 is 0 Å². The van der Waals surface area contributed by atoms with Crippen LogP contribution >= 0.6 is 0 Å². The van der Waals surface area contributed by atoms with Crippen LogP contribution in [0.5, 0.6) is 17.2 Å². The zero-order valence-electron chi connectivity index (χ0n) is 14.4. The second kappa shape index (κ2) is 6.05. The lowest BCUT2D eigenvalue weighted by atomic mass is 9.83. The summed E-state index contributed by atoms with van der Waals surface area (Å²) < 4.78 is 16.6. The van der Waals surface area contributed by atoms with Crippen LogP contribution < -0.4 is 19.9 Å². The maximum absolute atomic E-state index is 9.71. The normalized spacial score (nSPS) is 16.0. The van der Waals surface area contributed by atoms with Gasteiger partial charge in [-0.3, -0.25) is 0 Å². The van der Waals surface area contributed by atoms with Gasteiger partial charge in [0.1, 0.15) is 23.1 Å². The molecule has 1 atom stereocenters. The summed E-state index contributed by atoms with van der Waals surface area (Å²) in [4.78, 5) is 3.18. The number of hydrogen-bond donors (Lipinski definition) is 2. The Morgan fingerprint density at radius 1 is 1.12 bits per heavy atom. The lowest BCUT2D eigenvalue weighted by Crippen LogP contribution is -2.21. The second-order valence-electron chi connectivity index (χ2n) is 6.00. The van der Waals surface area contributed by atoms with Gasteiger partial charge in [-0.05, 0) is 23.8 Å². The smallest absolute Gasteiger partial charge is 0.205 e. The van der Waals surface area contributed by atoms with E-state index in [1.165, 1.54) is 0 Å². The highest BCUT2D eigenvalue weighted by Gasteiger charge is 2.32. The summed E-state index contributed by atoms with van der Waals surface area (Å²) >= 11 is 0. The highest BCUT2D eigenvalue weighted by atomic mass is 16.5. The summed E-state index contributed by atoms with van der Waals surface area (Å²) in [6.45, 7) is 0. The molecule has 3 aromatic rings. The Morgan fingerprint density at radius 3 is 2.50 bits per heavy atom. The van der Waals surface area contributed by atoms with Gasteiger partial charge in [0.2, 0.25) is 5.88 Å². The zero-order valence-corrected chi connectivity index (χ0v) is 14.4. The molecule has 1 aromatic heterocycles. The average molecular weight is 347 g/mol. The van der Waals surface area contributed by atoms with Gasteiger partial charge in [0.05, 0.1) is 25.7 Å². The van der Waals surface area contributed by atoms with E-state index in [-0.39, 0.29) is 11.8 Å². The van der Waals surface area contributed by atoms with Crippen LogP contribution in [0.1, 0.15) is 17.0 Å². The van der Waals surface area contributed by atoms with Gasteiger partial charge in [-0.1, -0.05) is 12.1 Å². The summed E-state index contributed by atoms with van der Waals surface area (Å²) in [6, 6.07) is 13.7. The molecule has 6 nitrogen and oxygen atoms in total. The molecule has 0 bridgehead atoms. The molecule has 1 unspecified atom stereocenters. The summed E-state index contributed by atoms with van der Waals surface area (Å²) in [6.07, 6.45) is 1.84. The lowest BCUT2D eigenvalue weighted by Gasteiger charge is -2.27. The number of nitriles is 1. The first kappa shape index (κ1) is 15.9. The average Bonchev–Trinajstić information content (AvgIpc) is 3.15. The number of methoxy groups -OCH3 is 2. The number of ether oxygens (including phenoxy) is 3. The van der Waals surface area contributed by atoms with Gasteiger partial charge in [-0.15, -0.1) is 0 Å². The van der Waals surface area contributed by atoms with Crippen LogP contribution in [0.3, 0.4) is 0 Å². The van der Waals surface area contributed by atoms with Crippen LogP contribution in [0.15, 0.2) is 54.1 Å². The molecule has 130 valence electrons. The molecular weight excluding hydrogens is 330 g/mol. The van der Waals surface area contributed by atoms with Crippen LogP contribution in [0.4, 0.5) is 0 Å². The van der Waals surface area contributed by atoms with Gasteiger partial charge in [0.15, 0.2) is 5.75 Å². The number of H-pyrrole nitrogens is 1. The quantitative estimate of drug-likeness (QED) is 0.757. The molecule has 0 saturated heterocycles. The Hall–Kier alpha value is -3.59. The van der Waals surface area contributed by atoms with Gasteiger partial charge in [-0.25, -0.2) is 0 Å². The minimum atomic E-state index is -0.375. The number of hydrogen-bond acceptors (Lipinski definition) is 5. The summed E-state index contributed by atoms with van der Waals surface area (Å²) in [5.74, 6) is 1.65. The third kappa shape index (κ3) is 2.33. The van der Waals surface area contributed by atoms with Crippen molar-refractivity contribution in [1.82, 2.24) is 4.98 Å². The Labute approximate surface area is 150 Å². The first-order valence-electron chi connectivity index (χ1n) is 8.06. The molecule has 4 rings (SSSR count). The lowest BCUT2D eigenvalue weighted by molar-refractivity contribution is 0.389. The molecule has 26 heavy (non-hydrogen) atoms. The van der Waals surface area contributed by atoms with E-state index in [4.69, 9.17) is 19.9 Å². The number of nitrogens with zero attached hydrogens (tertiary/aromatic N) is 1. The molecule has 0 saturated carbocycles. The van der Waals surface area contributed by atoms with Crippen LogP contribution in [-0.4, -0.2) is 19.2 Å². The molecule has 0 spiro atoms. The highest BCUT2D eigenvalue weighted by Crippen LogP contribution is 2.46. The fourth-order valence-electron chi connectivity index (χ4n) is 3.38. The Morgan fingerprint density at radius 2 is 1.85 bits per heavy atom. The largest absolute Gasteiger partial charge is 0.497 e. The molecule has 0 fully saturated rings. The van der Waals surface area contributed by atoms with Crippen molar-refractivity contribution in [3.8, 4) is 23.3 Å². The van der Waals surface area contributed by atoms with Crippen molar-refractivity contribution < 1.29 is 14.2 Å². The molecule has 6 heteroatoms. The van der Waals surface area contributed by atoms with Crippen molar-refractivity contribution in [3.05, 3.63) is 65.2 Å². The minimum absolute atomic E-state index is 0.105. The number of rotatable bonds is 3. The number of fused-ring (bicyclic) bond motifs is 3. The topological polar surface area (TPSA) is 93.3 Å². The van der Waals surface area contributed by atoms with Gasteiger partial charge in [-0.2, -0.15) is 5.26 Å². The number of nitrogens with one attached hydrogen (secondary N) is 1. The fraction of sp³-hybridized carbons (Fsp3) is 0.150. The van der Waals surface area contributed by atoms with E-state index in [0.717, 1.165) is 22.0 Å². The molecule has 2 heterocycles. The van der Waals surface area contributed by atoms with Crippen LogP contribution in [0, 0.1) is 11.3 Å². The summed E-state index contributed by atoms with van der Waals surface area (Å²) in [5, 5.41) is 10.7. The SMILES string of the molecule is COc1cc(OC)cc(C2C(C#N)=C(N)Oc3c2ccc2cc[nH]c32)c1. The van der Waals surface area contributed by atoms with Crippen molar-refractivity contribution in [3.63, 3.8) is 0 Å². The van der Waals surface area contributed by atoms with Gasteiger partial charge in [0.25, 0.3) is 0 Å². The summed E-state index contributed by atoms with van der Waals surface area (Å²) in [7, 11) is 3.18. The molecule has 3 N–H and O–H groups in total. The number of nitrogens with two attached hydrogens (primary N) is 1. The van der Waals surface area contributed by atoms with Crippen LogP contribution in [0.25, 0.3) is 10.9 Å². The van der Waals surface area contributed by atoms with Crippen molar-refractivity contribution in [2.75, 3.05) is 14.2 Å². The van der Waals surface area contributed by atoms with E-state index >= 15 is 0 Å². The maximum Gasteiger partial charge on any atom is 0.205 e. The number of allylic oxidation sites excluding steroid dienone is 1. The molecule has 0 aliphatic carbocycles. The van der Waals surface area contributed by atoms with Crippen molar-refractivity contribution in [2.45, 2.75) is 5.92 Å². The molecule has 0 radical (unpaired) electrons. The molecule has 2 aromatic carbocycles. The second-order valence-corrected chi connectivity index (χ2v) is 6.00. The van der Waals surface area contributed by atoms with E-state index in [2.05, 4.69) is 11.1 Å². The van der Waals surface area contributed by atoms with E-state index < -0.39 is 0 Å². The summed E-state index contributed by atoms with van der Waals surface area (Å²) in [5.41, 5.74) is 9.01. The van der Waals surface area contributed by atoms with E-state index in [1.54, 1.807) is 20.3 Å². The van der Waals surface area contributed by atoms with Crippen molar-refractivity contribution >= 4 is 10.9 Å². The third-order valence-corrected chi connectivity index (χ3v) is 4.62. The molecular formula is C20H17N3O3. The van der Waals surface area contributed by atoms with Gasteiger partial charge in [0, 0.05) is 23.2 Å². The van der Waals surface area contributed by atoms with E-state index in [9.17, 15) is 5.26 Å². The number of benzene rings is 2. The standard InChI is InChI=1S/C20H17N3O3/c1-24-13-7-12(8-14(9-13)25-2)17-15-4-3-11-5-6-23-18(11)19(15)26-20(22)16(17)10-21/h3-9,17,23H,22H2,1-2H3. The number of aromatic amines is 1. The van der Waals surface area contributed by atoms with E-state index in [0.29, 0.717) is 22.8 Å². The first-order valence-corrected chi connectivity index (χ1v) is 8.06. The fourth-order valence-corrected chi connectivity index (χ4v) is 3.38. The van der Waals surface area contributed by atoms with Crippen LogP contribution in [-0.2, 0) is 0 Å². The predicted octanol–water partition coefficient (Wildman–Crippen LogP) is 3.40. The highest BCUT2D eigenvalue weighted by molar-refractivity contribution is 5.88. The Balaban J connectivity index is 1.99. The van der Waals surface area contributed by atoms with Crippen molar-refractivity contribution in [1.29, 1.82) is 5.26 Å². The Bertz CT molecular complexity index is 1050. The molecule has 1 aliphatic heterocycles. The van der Waals surface area contributed by atoms with Gasteiger partial charge < -0.3 is 24.9 Å².